The van der Waals surface area contributed by atoms with Gasteiger partial charge < -0.3 is 5.32 Å². The first-order valence-electron chi connectivity index (χ1n) is 6.80. The van der Waals surface area contributed by atoms with Gasteiger partial charge in [-0.15, -0.1) is 0 Å². The monoisotopic (exact) mass is 255 g/mol. The highest BCUT2D eigenvalue weighted by Gasteiger charge is 2.30. The molecule has 1 aliphatic rings. The first-order chi connectivity index (χ1) is 9.22. The number of hydrogen-bond donors (Lipinski definition) is 1. The van der Waals surface area contributed by atoms with Crippen LogP contribution in [0.4, 0.5) is 10.1 Å². The third-order valence-corrected chi connectivity index (χ3v) is 3.92. The van der Waals surface area contributed by atoms with Crippen LogP contribution in [-0.2, 0) is 0 Å². The summed E-state index contributed by atoms with van der Waals surface area (Å²) in [5, 5.41) is 3.28. The minimum atomic E-state index is -0.165. The molecule has 0 bridgehead atoms. The Labute approximate surface area is 113 Å². The van der Waals surface area contributed by atoms with Gasteiger partial charge in [0, 0.05) is 6.04 Å². The summed E-state index contributed by atoms with van der Waals surface area (Å²) >= 11 is 0. The minimum Gasteiger partial charge on any atom is -0.380 e. The van der Waals surface area contributed by atoms with E-state index in [9.17, 15) is 4.39 Å². The summed E-state index contributed by atoms with van der Waals surface area (Å²) in [4.78, 5) is 0. The van der Waals surface area contributed by atoms with E-state index < -0.39 is 0 Å². The van der Waals surface area contributed by atoms with E-state index in [1.54, 1.807) is 12.1 Å². The van der Waals surface area contributed by atoms with E-state index in [2.05, 4.69) is 36.5 Å². The molecule has 0 saturated heterocycles. The van der Waals surface area contributed by atoms with Gasteiger partial charge >= 0.3 is 0 Å². The van der Waals surface area contributed by atoms with Crippen LogP contribution in [0.3, 0.4) is 0 Å². The fourth-order valence-corrected chi connectivity index (χ4v) is 2.64. The van der Waals surface area contributed by atoms with Crippen molar-refractivity contribution in [3.05, 3.63) is 65.5 Å². The second-order valence-corrected chi connectivity index (χ2v) is 5.40. The normalized spacial score (nSPS) is 21.8. The molecule has 2 heteroatoms. The molecule has 1 nitrogen and oxygen atoms in total. The van der Waals surface area contributed by atoms with Crippen LogP contribution in [-0.4, -0.2) is 6.04 Å². The lowest BCUT2D eigenvalue weighted by Gasteiger charge is -2.37. The number of aryl methyl sites for hydroxylation is 1. The molecule has 0 radical (unpaired) electrons. The van der Waals surface area contributed by atoms with Crippen LogP contribution in [0.1, 0.15) is 29.9 Å². The van der Waals surface area contributed by atoms with Crippen molar-refractivity contribution in [3.8, 4) is 0 Å². The number of anilines is 1. The summed E-state index contributed by atoms with van der Waals surface area (Å²) in [7, 11) is 0. The van der Waals surface area contributed by atoms with E-state index >= 15 is 0 Å². The van der Waals surface area contributed by atoms with Crippen LogP contribution in [0.5, 0.6) is 0 Å². The van der Waals surface area contributed by atoms with Crippen molar-refractivity contribution in [1.82, 2.24) is 0 Å². The third-order valence-electron chi connectivity index (χ3n) is 3.92. The van der Waals surface area contributed by atoms with Crippen molar-refractivity contribution in [2.24, 2.45) is 0 Å². The molecular weight excluding hydrogens is 237 g/mol. The second-order valence-electron chi connectivity index (χ2n) is 5.40. The van der Waals surface area contributed by atoms with Gasteiger partial charge in [0.1, 0.15) is 5.82 Å². The van der Waals surface area contributed by atoms with Gasteiger partial charge in [-0.3, -0.25) is 0 Å². The molecule has 1 N–H and O–H groups in total. The molecule has 1 aliphatic carbocycles. The molecule has 19 heavy (non-hydrogen) atoms. The van der Waals surface area contributed by atoms with Crippen molar-refractivity contribution in [1.29, 1.82) is 0 Å². The second kappa shape index (κ2) is 5.04. The Bertz CT molecular complexity index is 556. The first kappa shape index (κ1) is 12.2. The highest BCUT2D eigenvalue weighted by Crippen LogP contribution is 2.38. The molecule has 1 fully saturated rings. The molecule has 2 aromatic rings. The van der Waals surface area contributed by atoms with Crippen molar-refractivity contribution < 1.29 is 4.39 Å². The van der Waals surface area contributed by atoms with Crippen molar-refractivity contribution in [2.75, 3.05) is 5.32 Å². The fraction of sp³-hybridized carbons (Fsp3) is 0.294. The van der Waals surface area contributed by atoms with Gasteiger partial charge in [-0.1, -0.05) is 42.0 Å². The molecule has 0 amide bonds. The largest absolute Gasteiger partial charge is 0.380 e. The summed E-state index contributed by atoms with van der Waals surface area (Å²) < 4.78 is 13.5. The van der Waals surface area contributed by atoms with E-state index in [4.69, 9.17) is 0 Å². The van der Waals surface area contributed by atoms with E-state index in [1.807, 2.05) is 6.07 Å². The molecular formula is C17H18FN. The third kappa shape index (κ3) is 2.62. The number of halogens is 1. The number of benzene rings is 2. The van der Waals surface area contributed by atoms with E-state index in [-0.39, 0.29) is 5.82 Å². The van der Waals surface area contributed by atoms with Gasteiger partial charge in [-0.2, -0.15) is 0 Å². The lowest BCUT2D eigenvalue weighted by molar-refractivity contribution is 0.373. The van der Waals surface area contributed by atoms with Gasteiger partial charge in [0.15, 0.2) is 0 Å². The Hall–Kier alpha value is -1.83. The number of nitrogens with one attached hydrogen (secondary N) is 1. The maximum Gasteiger partial charge on any atom is 0.146 e. The maximum atomic E-state index is 13.5. The maximum absolute atomic E-state index is 13.5. The van der Waals surface area contributed by atoms with E-state index in [0.717, 1.165) is 12.8 Å². The van der Waals surface area contributed by atoms with Gasteiger partial charge in [-0.05, 0) is 43.4 Å². The average Bonchev–Trinajstić information content (AvgIpc) is 2.37. The minimum absolute atomic E-state index is 0.165. The number of para-hydroxylation sites is 1. The van der Waals surface area contributed by atoms with Crippen LogP contribution >= 0.6 is 0 Å². The van der Waals surface area contributed by atoms with Gasteiger partial charge in [0.05, 0.1) is 5.69 Å². The van der Waals surface area contributed by atoms with Crippen LogP contribution in [0.2, 0.25) is 0 Å². The van der Waals surface area contributed by atoms with Gasteiger partial charge in [-0.25, -0.2) is 4.39 Å². The predicted molar refractivity (Wildman–Crippen MR) is 77.0 cm³/mol. The standard InChI is InChI=1S/C17H18FN/c1-12-6-8-13(9-7-12)14-10-15(11-14)19-17-5-3-2-4-16(17)18/h2-9,14-15,19H,10-11H2,1H3. The molecule has 0 atom stereocenters. The number of rotatable bonds is 3. The number of hydrogen-bond acceptors (Lipinski definition) is 1. The van der Waals surface area contributed by atoms with Crippen LogP contribution in [0.25, 0.3) is 0 Å². The quantitative estimate of drug-likeness (QED) is 0.852. The molecule has 0 unspecified atom stereocenters. The summed E-state index contributed by atoms with van der Waals surface area (Å²) in [6.45, 7) is 2.10. The predicted octanol–water partition coefficient (Wildman–Crippen LogP) is 4.49. The van der Waals surface area contributed by atoms with Crippen molar-refractivity contribution in [3.63, 3.8) is 0 Å². The molecule has 2 aromatic carbocycles. The Balaban J connectivity index is 1.58. The van der Waals surface area contributed by atoms with Crippen LogP contribution in [0, 0.1) is 12.7 Å². The molecule has 3 rings (SSSR count). The van der Waals surface area contributed by atoms with Crippen molar-refractivity contribution in [2.45, 2.75) is 31.7 Å². The average molecular weight is 255 g/mol. The van der Waals surface area contributed by atoms with Crippen LogP contribution < -0.4 is 5.32 Å². The van der Waals surface area contributed by atoms with Gasteiger partial charge in [0.2, 0.25) is 0 Å². The van der Waals surface area contributed by atoms with Crippen molar-refractivity contribution >= 4 is 5.69 Å². The summed E-state index contributed by atoms with van der Waals surface area (Å²) in [6, 6.07) is 16.0. The molecule has 0 spiro atoms. The van der Waals surface area contributed by atoms with Gasteiger partial charge in [0.25, 0.3) is 0 Å². The topological polar surface area (TPSA) is 12.0 Å². The summed E-state index contributed by atoms with van der Waals surface area (Å²) in [6.07, 6.45) is 2.16. The fourth-order valence-electron chi connectivity index (χ4n) is 2.64. The SMILES string of the molecule is Cc1ccc(C2CC(Nc3ccccc3F)C2)cc1. The zero-order chi connectivity index (χ0) is 13.2. The lowest BCUT2D eigenvalue weighted by Crippen LogP contribution is -2.34. The molecule has 1 saturated carbocycles. The lowest BCUT2D eigenvalue weighted by atomic mass is 9.75. The highest BCUT2D eigenvalue weighted by atomic mass is 19.1. The molecule has 0 aliphatic heterocycles. The Kier molecular flexibility index (Phi) is 3.24. The summed E-state index contributed by atoms with van der Waals surface area (Å²) in [5.41, 5.74) is 3.32. The van der Waals surface area contributed by atoms with E-state index in [0.29, 0.717) is 17.6 Å². The van der Waals surface area contributed by atoms with E-state index in [1.165, 1.54) is 17.2 Å². The first-order valence-corrected chi connectivity index (χ1v) is 6.80. The zero-order valence-electron chi connectivity index (χ0n) is 11.1. The summed E-state index contributed by atoms with van der Waals surface area (Å²) in [5.74, 6) is 0.450. The molecule has 0 aromatic heterocycles. The zero-order valence-corrected chi connectivity index (χ0v) is 11.1. The smallest absolute Gasteiger partial charge is 0.146 e. The Morgan fingerprint density at radius 3 is 2.37 bits per heavy atom. The highest BCUT2D eigenvalue weighted by molar-refractivity contribution is 5.46. The Morgan fingerprint density at radius 1 is 1.00 bits per heavy atom. The van der Waals surface area contributed by atoms with Crippen LogP contribution in [0.15, 0.2) is 48.5 Å². The molecule has 98 valence electrons. The Morgan fingerprint density at radius 2 is 1.68 bits per heavy atom. The molecule has 0 heterocycles.